The molecule has 1 saturated carbocycles. The van der Waals surface area contributed by atoms with Crippen molar-refractivity contribution in [2.75, 3.05) is 0 Å². The highest BCUT2D eigenvalue weighted by Crippen LogP contribution is 2.47. The van der Waals surface area contributed by atoms with Gasteiger partial charge in [-0.1, -0.05) is 30.3 Å². The normalized spacial score (nSPS) is 20.6. The molecule has 0 bridgehead atoms. The molecule has 27 heavy (non-hydrogen) atoms. The van der Waals surface area contributed by atoms with Crippen molar-refractivity contribution in [1.29, 1.82) is 0 Å². The number of hydrogen-bond donors (Lipinski definition) is 3. The van der Waals surface area contributed by atoms with E-state index in [1.54, 1.807) is 0 Å². The summed E-state index contributed by atoms with van der Waals surface area (Å²) >= 11 is 0. The maximum atomic E-state index is 13.5. The Labute approximate surface area is 158 Å². The van der Waals surface area contributed by atoms with E-state index in [0.717, 1.165) is 5.56 Å². The summed E-state index contributed by atoms with van der Waals surface area (Å²) in [5.41, 5.74) is 10.9. The summed E-state index contributed by atoms with van der Waals surface area (Å²) in [6.45, 7) is 0. The summed E-state index contributed by atoms with van der Waals surface area (Å²) in [6.07, 6.45) is -0.605. The molecule has 0 aliphatic heterocycles. The minimum atomic E-state index is -2.81. The van der Waals surface area contributed by atoms with E-state index in [-0.39, 0.29) is 25.7 Å². The first-order chi connectivity index (χ1) is 12.6. The molecule has 150 valence electrons. The summed E-state index contributed by atoms with van der Waals surface area (Å²) in [5, 5.41) is 10.3. The number of primary amides is 2. The second kappa shape index (κ2) is 8.78. The van der Waals surface area contributed by atoms with Crippen LogP contribution in [-0.4, -0.2) is 28.9 Å². The van der Waals surface area contributed by atoms with Crippen molar-refractivity contribution in [2.24, 2.45) is 22.8 Å². The maximum Gasteiger partial charge on any atom is 0.248 e. The molecular weight excluding hydrogens is 354 g/mol. The van der Waals surface area contributed by atoms with Gasteiger partial charge in [0.2, 0.25) is 17.7 Å². The lowest BCUT2D eigenvalue weighted by Crippen LogP contribution is -2.46. The monoisotopic (exact) mass is 382 g/mol. The molecule has 1 aliphatic carbocycles. The predicted octanol–water partition coefficient (Wildman–Crippen LogP) is 2.54. The molecule has 2 amide bonds. The molecule has 5 nitrogen and oxygen atoms in total. The first-order valence-corrected chi connectivity index (χ1v) is 9.33. The molecular formula is C20H28F2N2O3. The van der Waals surface area contributed by atoms with Gasteiger partial charge in [-0.05, 0) is 44.1 Å². The van der Waals surface area contributed by atoms with E-state index in [2.05, 4.69) is 0 Å². The van der Waals surface area contributed by atoms with Crippen molar-refractivity contribution in [2.45, 2.75) is 63.4 Å². The molecule has 0 aromatic heterocycles. The summed E-state index contributed by atoms with van der Waals surface area (Å²) in [5.74, 6) is -4.92. The molecule has 2 rings (SSSR count). The quantitative estimate of drug-likeness (QED) is 0.611. The molecule has 0 heterocycles. The van der Waals surface area contributed by atoms with Crippen molar-refractivity contribution in [3.05, 3.63) is 35.9 Å². The van der Waals surface area contributed by atoms with Crippen molar-refractivity contribution < 1.29 is 23.5 Å². The molecule has 1 aromatic rings. The van der Waals surface area contributed by atoms with Crippen LogP contribution in [0.15, 0.2) is 30.3 Å². The molecule has 2 atom stereocenters. The lowest BCUT2D eigenvalue weighted by atomic mass is 9.66. The van der Waals surface area contributed by atoms with Crippen molar-refractivity contribution in [3.8, 4) is 0 Å². The van der Waals surface area contributed by atoms with Gasteiger partial charge in [0, 0.05) is 18.8 Å². The lowest BCUT2D eigenvalue weighted by Gasteiger charge is -2.39. The Morgan fingerprint density at radius 3 is 2.19 bits per heavy atom. The Bertz CT molecular complexity index is 642. The number of halogens is 2. The maximum absolute atomic E-state index is 13.5. The lowest BCUT2D eigenvalue weighted by molar-refractivity contribution is -0.139. The van der Waals surface area contributed by atoms with Crippen LogP contribution in [0.4, 0.5) is 8.78 Å². The Hall–Kier alpha value is -2.02. The number of aliphatic hydroxyl groups excluding tert-OH is 1. The second-order valence-electron chi connectivity index (χ2n) is 7.72. The van der Waals surface area contributed by atoms with Crippen LogP contribution in [0.2, 0.25) is 0 Å². The molecule has 5 N–H and O–H groups in total. The largest absolute Gasteiger partial charge is 0.393 e. The van der Waals surface area contributed by atoms with Gasteiger partial charge in [0.15, 0.2) is 0 Å². The molecule has 0 unspecified atom stereocenters. The van der Waals surface area contributed by atoms with Crippen LogP contribution in [0.3, 0.4) is 0 Å². The number of hydrogen-bond acceptors (Lipinski definition) is 3. The topological polar surface area (TPSA) is 106 Å². The SMILES string of the molecule is NC(=O)[C@@H](C[C@@H](O)CCc1ccccc1)CC1(C(N)=O)CCC(F)(F)CC1. The van der Waals surface area contributed by atoms with Crippen LogP contribution >= 0.6 is 0 Å². The third kappa shape index (κ3) is 5.99. The smallest absolute Gasteiger partial charge is 0.248 e. The number of aryl methyl sites for hydroxylation is 1. The van der Waals surface area contributed by atoms with Gasteiger partial charge < -0.3 is 16.6 Å². The molecule has 1 aromatic carbocycles. The van der Waals surface area contributed by atoms with E-state index in [1.807, 2.05) is 30.3 Å². The van der Waals surface area contributed by atoms with Gasteiger partial charge in [0.05, 0.1) is 11.5 Å². The number of carbonyl (C=O) groups excluding carboxylic acids is 2. The Balaban J connectivity index is 1.98. The van der Waals surface area contributed by atoms with Gasteiger partial charge in [-0.2, -0.15) is 0 Å². The Morgan fingerprint density at radius 1 is 1.07 bits per heavy atom. The summed E-state index contributed by atoms with van der Waals surface area (Å²) < 4.78 is 27.0. The van der Waals surface area contributed by atoms with Crippen molar-refractivity contribution in [3.63, 3.8) is 0 Å². The zero-order chi connectivity index (χ0) is 20.1. The number of aliphatic hydroxyl groups is 1. The minimum absolute atomic E-state index is 0.0101. The fourth-order valence-corrected chi connectivity index (χ4v) is 3.84. The standard InChI is InChI=1S/C20H28F2N2O3/c21-20(22)10-8-19(9-11-20,18(24)27)13-15(17(23)26)12-16(25)7-6-14-4-2-1-3-5-14/h1-5,15-16,25H,6-13H2,(H2,23,26)(H2,24,27)/t15-,16-/m0/s1. The average Bonchev–Trinajstić information content (AvgIpc) is 2.62. The van der Waals surface area contributed by atoms with Gasteiger partial charge in [0.25, 0.3) is 0 Å². The van der Waals surface area contributed by atoms with Crippen LogP contribution in [-0.2, 0) is 16.0 Å². The molecule has 0 spiro atoms. The molecule has 7 heteroatoms. The third-order valence-corrected chi connectivity index (χ3v) is 5.67. The molecule has 1 aliphatic rings. The first-order valence-electron chi connectivity index (χ1n) is 9.33. The van der Waals surface area contributed by atoms with Gasteiger partial charge in [-0.15, -0.1) is 0 Å². The Morgan fingerprint density at radius 2 is 1.67 bits per heavy atom. The number of alkyl halides is 2. The van der Waals surface area contributed by atoms with Gasteiger partial charge in [-0.25, -0.2) is 8.78 Å². The van der Waals surface area contributed by atoms with Gasteiger partial charge in [0.1, 0.15) is 0 Å². The van der Waals surface area contributed by atoms with Crippen LogP contribution in [0.25, 0.3) is 0 Å². The number of carbonyl (C=O) groups is 2. The second-order valence-corrected chi connectivity index (χ2v) is 7.72. The molecule has 0 saturated heterocycles. The Kier molecular flexibility index (Phi) is 6.92. The fraction of sp³-hybridized carbons (Fsp3) is 0.600. The number of nitrogens with two attached hydrogens (primary N) is 2. The van der Waals surface area contributed by atoms with E-state index in [1.165, 1.54) is 0 Å². The fourth-order valence-electron chi connectivity index (χ4n) is 3.84. The number of rotatable bonds is 9. The van der Waals surface area contributed by atoms with Crippen LogP contribution < -0.4 is 11.5 Å². The van der Waals surface area contributed by atoms with Gasteiger partial charge >= 0.3 is 0 Å². The van der Waals surface area contributed by atoms with E-state index in [0.29, 0.717) is 12.8 Å². The summed E-state index contributed by atoms with van der Waals surface area (Å²) in [6, 6.07) is 9.61. The van der Waals surface area contributed by atoms with Crippen molar-refractivity contribution in [1.82, 2.24) is 0 Å². The van der Waals surface area contributed by atoms with E-state index >= 15 is 0 Å². The highest BCUT2D eigenvalue weighted by atomic mass is 19.3. The third-order valence-electron chi connectivity index (χ3n) is 5.67. The molecule has 1 fully saturated rings. The highest BCUT2D eigenvalue weighted by Gasteiger charge is 2.48. The molecule has 0 radical (unpaired) electrons. The van der Waals surface area contributed by atoms with Crippen LogP contribution in [0, 0.1) is 11.3 Å². The number of benzene rings is 1. The van der Waals surface area contributed by atoms with Crippen molar-refractivity contribution >= 4 is 11.8 Å². The van der Waals surface area contributed by atoms with Crippen LogP contribution in [0.1, 0.15) is 50.5 Å². The number of amides is 2. The van der Waals surface area contributed by atoms with Crippen LogP contribution in [0.5, 0.6) is 0 Å². The van der Waals surface area contributed by atoms with E-state index in [9.17, 15) is 23.5 Å². The zero-order valence-electron chi connectivity index (χ0n) is 15.4. The van der Waals surface area contributed by atoms with Gasteiger partial charge in [-0.3, -0.25) is 9.59 Å². The highest BCUT2D eigenvalue weighted by molar-refractivity contribution is 5.83. The summed E-state index contributed by atoms with van der Waals surface area (Å²) in [7, 11) is 0. The zero-order valence-corrected chi connectivity index (χ0v) is 15.4. The van der Waals surface area contributed by atoms with E-state index < -0.39 is 48.0 Å². The minimum Gasteiger partial charge on any atom is -0.393 e. The first kappa shape index (κ1) is 21.3. The average molecular weight is 382 g/mol. The predicted molar refractivity (Wildman–Crippen MR) is 97.7 cm³/mol. The van der Waals surface area contributed by atoms with E-state index in [4.69, 9.17) is 11.5 Å². The summed E-state index contributed by atoms with van der Waals surface area (Å²) in [4.78, 5) is 23.9.